The van der Waals surface area contributed by atoms with Crippen molar-refractivity contribution in [2.75, 3.05) is 5.32 Å². The van der Waals surface area contributed by atoms with Crippen molar-refractivity contribution in [3.63, 3.8) is 0 Å². The Morgan fingerprint density at radius 2 is 2.00 bits per heavy atom. The predicted molar refractivity (Wildman–Crippen MR) is 76.0 cm³/mol. The first-order chi connectivity index (χ1) is 10.6. The van der Waals surface area contributed by atoms with Crippen LogP contribution in [0.3, 0.4) is 0 Å². The van der Waals surface area contributed by atoms with Crippen LogP contribution in [0.15, 0.2) is 47.7 Å². The van der Waals surface area contributed by atoms with Gasteiger partial charge in [-0.3, -0.25) is 10.1 Å². The van der Waals surface area contributed by atoms with Crippen LogP contribution < -0.4 is 15.7 Å². The molecule has 1 N–H and O–H groups in total. The molecule has 8 nitrogen and oxygen atoms in total. The van der Waals surface area contributed by atoms with Crippen molar-refractivity contribution in [1.82, 2.24) is 9.71 Å². The first-order valence-electron chi connectivity index (χ1n) is 6.29. The standard InChI is InChI=1S/C14H13N3O5/c1-10(18)22-17-9-15-7-12(13(17)19)16-14(20)21-8-11-5-3-2-4-6-11/h2-7,9H,8H2,1H3,(H,16,20). The molecule has 114 valence electrons. The molecule has 1 aromatic carbocycles. The van der Waals surface area contributed by atoms with Crippen molar-refractivity contribution in [3.05, 3.63) is 58.8 Å². The lowest BCUT2D eigenvalue weighted by atomic mass is 10.2. The normalized spacial score (nSPS) is 9.86. The predicted octanol–water partition coefficient (Wildman–Crippen LogP) is 0.967. The Morgan fingerprint density at radius 3 is 2.68 bits per heavy atom. The summed E-state index contributed by atoms with van der Waals surface area (Å²) in [5, 5.41) is 2.25. The second-order valence-electron chi connectivity index (χ2n) is 4.21. The van der Waals surface area contributed by atoms with E-state index < -0.39 is 17.6 Å². The molecule has 0 saturated carbocycles. The number of nitrogens with one attached hydrogen (secondary N) is 1. The van der Waals surface area contributed by atoms with Crippen LogP contribution in [-0.4, -0.2) is 21.8 Å². The maximum Gasteiger partial charge on any atom is 0.412 e. The smallest absolute Gasteiger partial charge is 0.412 e. The van der Waals surface area contributed by atoms with E-state index in [1.54, 1.807) is 12.1 Å². The Bertz CT molecular complexity index is 727. The third kappa shape index (κ3) is 4.17. The Balaban J connectivity index is 2.00. The number of amides is 1. The highest BCUT2D eigenvalue weighted by molar-refractivity contribution is 5.84. The van der Waals surface area contributed by atoms with E-state index >= 15 is 0 Å². The second kappa shape index (κ2) is 7.02. The number of hydrogen-bond donors (Lipinski definition) is 1. The third-order valence-corrected chi connectivity index (χ3v) is 2.48. The first kappa shape index (κ1) is 15.2. The lowest BCUT2D eigenvalue weighted by Crippen LogP contribution is -2.32. The first-order valence-corrected chi connectivity index (χ1v) is 6.29. The fourth-order valence-corrected chi connectivity index (χ4v) is 1.55. The lowest BCUT2D eigenvalue weighted by Gasteiger charge is -2.08. The number of carbonyl (C=O) groups excluding carboxylic acids is 2. The number of carbonyl (C=O) groups is 2. The molecule has 0 saturated heterocycles. The van der Waals surface area contributed by atoms with Crippen molar-refractivity contribution >= 4 is 17.7 Å². The van der Waals surface area contributed by atoms with E-state index in [-0.39, 0.29) is 12.3 Å². The fraction of sp³-hybridized carbons (Fsp3) is 0.143. The molecule has 2 rings (SSSR count). The van der Waals surface area contributed by atoms with Crippen LogP contribution in [0.2, 0.25) is 0 Å². The van der Waals surface area contributed by atoms with E-state index in [2.05, 4.69) is 15.1 Å². The molecule has 1 heterocycles. The summed E-state index contributed by atoms with van der Waals surface area (Å²) in [7, 11) is 0. The quantitative estimate of drug-likeness (QED) is 0.903. The van der Waals surface area contributed by atoms with Gasteiger partial charge >= 0.3 is 17.6 Å². The molecule has 1 amide bonds. The highest BCUT2D eigenvalue weighted by Crippen LogP contribution is 2.02. The Labute approximate surface area is 125 Å². The maximum atomic E-state index is 11.9. The number of benzene rings is 1. The van der Waals surface area contributed by atoms with E-state index in [4.69, 9.17) is 4.74 Å². The molecule has 0 aliphatic carbocycles. The molecule has 8 heteroatoms. The van der Waals surface area contributed by atoms with E-state index in [1.165, 1.54) is 0 Å². The Kier molecular flexibility index (Phi) is 4.86. The van der Waals surface area contributed by atoms with Crippen molar-refractivity contribution < 1.29 is 19.2 Å². The summed E-state index contributed by atoms with van der Waals surface area (Å²) in [6.45, 7) is 1.20. The molecule has 22 heavy (non-hydrogen) atoms. The number of hydrogen-bond acceptors (Lipinski definition) is 6. The minimum Gasteiger partial charge on any atom is -0.444 e. The number of rotatable bonds is 4. The SMILES string of the molecule is CC(=O)On1cncc(NC(=O)OCc2ccccc2)c1=O. The van der Waals surface area contributed by atoms with Gasteiger partial charge in [-0.25, -0.2) is 14.6 Å². The Morgan fingerprint density at radius 1 is 1.27 bits per heavy atom. The minimum absolute atomic E-state index is 0.0606. The number of ether oxygens (including phenoxy) is 1. The zero-order valence-corrected chi connectivity index (χ0v) is 11.7. The van der Waals surface area contributed by atoms with Crippen LogP contribution in [0.4, 0.5) is 10.5 Å². The van der Waals surface area contributed by atoms with Crippen LogP contribution in [0.25, 0.3) is 0 Å². The molecule has 0 fully saturated rings. The monoisotopic (exact) mass is 303 g/mol. The summed E-state index contributed by atoms with van der Waals surface area (Å²) >= 11 is 0. The molecule has 0 aliphatic heterocycles. The maximum absolute atomic E-state index is 11.9. The minimum atomic E-state index is -0.816. The molecule has 0 atom stereocenters. The largest absolute Gasteiger partial charge is 0.444 e. The van der Waals surface area contributed by atoms with Crippen molar-refractivity contribution in [3.8, 4) is 0 Å². The summed E-state index contributed by atoms with van der Waals surface area (Å²) in [5.74, 6) is -0.687. The van der Waals surface area contributed by atoms with Gasteiger partial charge in [0.05, 0.1) is 6.20 Å². The van der Waals surface area contributed by atoms with Crippen LogP contribution in [0.5, 0.6) is 0 Å². The van der Waals surface area contributed by atoms with Crippen molar-refractivity contribution in [1.29, 1.82) is 0 Å². The molecule has 0 unspecified atom stereocenters. The molecule has 0 radical (unpaired) electrons. The van der Waals surface area contributed by atoms with E-state index in [0.29, 0.717) is 4.73 Å². The van der Waals surface area contributed by atoms with Gasteiger partial charge < -0.3 is 9.57 Å². The van der Waals surface area contributed by atoms with Gasteiger partial charge in [-0.05, 0) is 5.56 Å². The van der Waals surface area contributed by atoms with Crippen molar-refractivity contribution in [2.24, 2.45) is 0 Å². The summed E-state index contributed by atoms with van der Waals surface area (Å²) in [6.07, 6.45) is 1.33. The van der Waals surface area contributed by atoms with Crippen LogP contribution in [0, 0.1) is 0 Å². The Hall–Kier alpha value is -3.16. The van der Waals surface area contributed by atoms with Gasteiger partial charge in [0.25, 0.3) is 0 Å². The number of anilines is 1. The molecule has 1 aromatic heterocycles. The zero-order valence-electron chi connectivity index (χ0n) is 11.7. The summed E-state index contributed by atoms with van der Waals surface area (Å²) in [5.41, 5.74) is -0.0927. The molecule has 0 spiro atoms. The summed E-state index contributed by atoms with van der Waals surface area (Å²) in [4.78, 5) is 42.7. The highest BCUT2D eigenvalue weighted by atomic mass is 16.7. The van der Waals surface area contributed by atoms with Gasteiger partial charge in [-0.15, -0.1) is 4.73 Å². The number of nitrogens with zero attached hydrogens (tertiary/aromatic N) is 2. The molecular formula is C14H13N3O5. The van der Waals surface area contributed by atoms with E-state index in [0.717, 1.165) is 25.0 Å². The fourth-order valence-electron chi connectivity index (χ4n) is 1.55. The van der Waals surface area contributed by atoms with Crippen LogP contribution in [0.1, 0.15) is 12.5 Å². The topological polar surface area (TPSA) is 99.5 Å². The molecule has 0 bridgehead atoms. The van der Waals surface area contributed by atoms with Crippen LogP contribution >= 0.6 is 0 Å². The van der Waals surface area contributed by atoms with Crippen LogP contribution in [-0.2, 0) is 16.1 Å². The van der Waals surface area contributed by atoms with Gasteiger partial charge in [0, 0.05) is 6.92 Å². The van der Waals surface area contributed by atoms with Crippen molar-refractivity contribution in [2.45, 2.75) is 13.5 Å². The molecule has 0 aliphatic rings. The molecule has 2 aromatic rings. The second-order valence-corrected chi connectivity index (χ2v) is 4.21. The summed E-state index contributed by atoms with van der Waals surface area (Å²) in [6, 6.07) is 9.07. The number of aromatic nitrogens is 2. The summed E-state index contributed by atoms with van der Waals surface area (Å²) < 4.78 is 5.59. The van der Waals surface area contributed by atoms with Gasteiger partial charge in [0.2, 0.25) is 0 Å². The highest BCUT2D eigenvalue weighted by Gasteiger charge is 2.11. The average molecular weight is 303 g/mol. The third-order valence-electron chi connectivity index (χ3n) is 2.48. The average Bonchev–Trinajstić information content (AvgIpc) is 2.50. The van der Waals surface area contributed by atoms with E-state index in [1.807, 2.05) is 18.2 Å². The van der Waals surface area contributed by atoms with Gasteiger partial charge in [0.1, 0.15) is 18.6 Å². The van der Waals surface area contributed by atoms with Gasteiger partial charge in [-0.2, -0.15) is 0 Å². The van der Waals surface area contributed by atoms with Gasteiger partial charge in [0.15, 0.2) is 0 Å². The van der Waals surface area contributed by atoms with E-state index in [9.17, 15) is 14.4 Å². The molecular weight excluding hydrogens is 290 g/mol. The lowest BCUT2D eigenvalue weighted by molar-refractivity contribution is -0.142. The zero-order chi connectivity index (χ0) is 15.9. The van der Waals surface area contributed by atoms with Gasteiger partial charge in [-0.1, -0.05) is 30.3 Å².